The average Bonchev–Trinajstić information content (AvgIpc) is 2.55. The number of para-hydroxylation sites is 1. The van der Waals surface area contributed by atoms with Crippen molar-refractivity contribution in [1.29, 1.82) is 0 Å². The number of aromatic nitrogens is 1. The molecule has 0 aliphatic rings. The lowest BCUT2D eigenvalue weighted by molar-refractivity contribution is -0.644. The Morgan fingerprint density at radius 3 is 2.35 bits per heavy atom. The maximum atomic E-state index is 4.60. The zero-order chi connectivity index (χ0) is 15.5. The first-order chi connectivity index (χ1) is 10.6. The Kier molecular flexibility index (Phi) is 5.71. The first-order valence-electron chi connectivity index (χ1n) is 7.34. The van der Waals surface area contributed by atoms with Crippen molar-refractivity contribution in [3.8, 4) is 0 Å². The molecular formula is C19H20IN3. The highest BCUT2D eigenvalue weighted by atomic mass is 127. The van der Waals surface area contributed by atoms with E-state index >= 15 is 0 Å². The number of fused-ring (bicyclic) bond motifs is 1. The van der Waals surface area contributed by atoms with Crippen LogP contribution in [-0.4, -0.2) is 20.3 Å². The first-order valence-corrected chi connectivity index (χ1v) is 7.34. The molecule has 3 aromatic rings. The van der Waals surface area contributed by atoms with E-state index in [1.165, 1.54) is 16.6 Å². The number of halogens is 1. The number of hydrogen-bond donors (Lipinski definition) is 0. The highest BCUT2D eigenvalue weighted by Gasteiger charge is 2.06. The van der Waals surface area contributed by atoms with Crippen molar-refractivity contribution in [2.45, 2.75) is 0 Å². The summed E-state index contributed by atoms with van der Waals surface area (Å²) >= 11 is 0. The van der Waals surface area contributed by atoms with Crippen molar-refractivity contribution in [3.63, 3.8) is 0 Å². The van der Waals surface area contributed by atoms with Gasteiger partial charge in [-0.25, -0.2) is 4.57 Å². The van der Waals surface area contributed by atoms with Crippen molar-refractivity contribution in [1.82, 2.24) is 0 Å². The minimum absolute atomic E-state index is 0. The molecular weight excluding hydrogens is 397 g/mol. The number of benzene rings is 2. The lowest BCUT2D eigenvalue weighted by Gasteiger charge is -2.11. The van der Waals surface area contributed by atoms with Crippen molar-refractivity contribution < 1.29 is 28.5 Å². The second-order valence-electron chi connectivity index (χ2n) is 5.57. The van der Waals surface area contributed by atoms with Crippen LogP contribution < -0.4 is 33.4 Å². The van der Waals surface area contributed by atoms with Crippen LogP contribution >= 0.6 is 0 Å². The Labute approximate surface area is 154 Å². The van der Waals surface area contributed by atoms with E-state index in [4.69, 9.17) is 0 Å². The van der Waals surface area contributed by atoms with E-state index < -0.39 is 0 Å². The maximum Gasteiger partial charge on any atom is 0.212 e. The number of pyridine rings is 1. The summed E-state index contributed by atoms with van der Waals surface area (Å²) in [5.41, 5.74) is 4.47. The van der Waals surface area contributed by atoms with Gasteiger partial charge in [0.15, 0.2) is 6.20 Å². The molecule has 0 aliphatic heterocycles. The fourth-order valence-electron chi connectivity index (χ4n) is 2.48. The van der Waals surface area contributed by atoms with Gasteiger partial charge in [-0.1, -0.05) is 12.1 Å². The molecule has 0 fully saturated rings. The van der Waals surface area contributed by atoms with Gasteiger partial charge in [0.05, 0.1) is 11.1 Å². The van der Waals surface area contributed by atoms with Gasteiger partial charge in [-0.15, -0.1) is 0 Å². The summed E-state index contributed by atoms with van der Waals surface area (Å²) in [7, 11) is 6.13. The molecule has 0 saturated heterocycles. The number of anilines is 1. The topological polar surface area (TPSA) is 19.5 Å². The van der Waals surface area contributed by atoms with E-state index in [1.807, 2.05) is 32.4 Å². The van der Waals surface area contributed by atoms with Gasteiger partial charge in [-0.05, 0) is 30.3 Å². The van der Waals surface area contributed by atoms with Crippen molar-refractivity contribution >= 4 is 28.5 Å². The smallest absolute Gasteiger partial charge is 0.212 e. The third kappa shape index (κ3) is 3.88. The minimum atomic E-state index is 0. The first kappa shape index (κ1) is 17.4. The quantitative estimate of drug-likeness (QED) is 0.345. The van der Waals surface area contributed by atoms with Gasteiger partial charge in [-0.2, -0.15) is 0 Å². The van der Waals surface area contributed by atoms with Crippen LogP contribution in [0.2, 0.25) is 0 Å². The molecule has 0 N–H and O–H groups in total. The lowest BCUT2D eigenvalue weighted by atomic mass is 10.1. The molecule has 0 aliphatic carbocycles. The summed E-state index contributed by atoms with van der Waals surface area (Å²) in [6.45, 7) is 0. The summed E-state index contributed by atoms with van der Waals surface area (Å²) in [5.74, 6) is 0. The molecule has 1 aromatic heterocycles. The molecule has 0 spiro atoms. The minimum Gasteiger partial charge on any atom is -1.00 e. The van der Waals surface area contributed by atoms with Crippen LogP contribution in [0.4, 0.5) is 11.4 Å². The van der Waals surface area contributed by atoms with Gasteiger partial charge in [0.1, 0.15) is 7.05 Å². The van der Waals surface area contributed by atoms with Crippen molar-refractivity contribution in [2.24, 2.45) is 12.0 Å². The third-order valence-corrected chi connectivity index (χ3v) is 3.79. The molecule has 3 rings (SSSR count). The van der Waals surface area contributed by atoms with Gasteiger partial charge in [0.25, 0.3) is 0 Å². The number of aryl methyl sites for hydroxylation is 1. The number of hydrogen-bond acceptors (Lipinski definition) is 2. The average molecular weight is 417 g/mol. The molecule has 0 saturated carbocycles. The summed E-state index contributed by atoms with van der Waals surface area (Å²) < 4.78 is 2.12. The fourth-order valence-corrected chi connectivity index (χ4v) is 2.48. The Bertz CT molecular complexity index is 824. The zero-order valence-electron chi connectivity index (χ0n) is 13.6. The molecule has 0 radical (unpaired) electrons. The third-order valence-electron chi connectivity index (χ3n) is 3.79. The van der Waals surface area contributed by atoms with E-state index in [0.717, 1.165) is 11.3 Å². The molecule has 118 valence electrons. The van der Waals surface area contributed by atoms with Crippen LogP contribution in [-0.2, 0) is 7.05 Å². The molecule has 2 aromatic carbocycles. The second-order valence-corrected chi connectivity index (χ2v) is 5.57. The van der Waals surface area contributed by atoms with Crippen molar-refractivity contribution in [3.05, 3.63) is 66.4 Å². The van der Waals surface area contributed by atoms with E-state index in [9.17, 15) is 0 Å². The molecule has 1 heterocycles. The Morgan fingerprint density at radius 2 is 1.65 bits per heavy atom. The Balaban J connectivity index is 0.00000192. The van der Waals surface area contributed by atoms with Gasteiger partial charge >= 0.3 is 0 Å². The Morgan fingerprint density at radius 1 is 0.957 bits per heavy atom. The molecule has 4 heteroatoms. The summed E-state index contributed by atoms with van der Waals surface area (Å²) in [4.78, 5) is 6.69. The van der Waals surface area contributed by atoms with Crippen LogP contribution in [0.25, 0.3) is 10.9 Å². The summed E-state index contributed by atoms with van der Waals surface area (Å²) in [6, 6.07) is 18.7. The van der Waals surface area contributed by atoms with E-state index in [-0.39, 0.29) is 24.0 Å². The SMILES string of the molecule is CN(C)c1ccc(N=Cc2cc[n+](C)c3ccccc23)cc1.[I-]. The maximum absolute atomic E-state index is 4.60. The monoisotopic (exact) mass is 417 g/mol. The molecule has 0 bridgehead atoms. The highest BCUT2D eigenvalue weighted by Crippen LogP contribution is 2.19. The normalized spacial score (nSPS) is 10.7. The Hall–Kier alpha value is -1.95. The predicted molar refractivity (Wildman–Crippen MR) is 93.1 cm³/mol. The molecule has 3 nitrogen and oxygen atoms in total. The number of aliphatic imine (C=N–C) groups is 1. The van der Waals surface area contributed by atoms with Gasteiger partial charge in [0.2, 0.25) is 5.52 Å². The molecule has 23 heavy (non-hydrogen) atoms. The van der Waals surface area contributed by atoms with Crippen LogP contribution in [0.3, 0.4) is 0 Å². The molecule has 0 atom stereocenters. The largest absolute Gasteiger partial charge is 1.00 e. The summed E-state index contributed by atoms with van der Waals surface area (Å²) in [5, 5.41) is 1.21. The summed E-state index contributed by atoms with van der Waals surface area (Å²) in [6.07, 6.45) is 4.01. The van der Waals surface area contributed by atoms with Crippen LogP contribution in [0, 0.1) is 0 Å². The number of nitrogens with zero attached hydrogens (tertiary/aromatic N) is 3. The van der Waals surface area contributed by atoms with E-state index in [1.54, 1.807) is 0 Å². The molecule has 0 unspecified atom stereocenters. The van der Waals surface area contributed by atoms with Crippen LogP contribution in [0.1, 0.15) is 5.56 Å². The number of rotatable bonds is 3. The van der Waals surface area contributed by atoms with E-state index in [0.29, 0.717) is 0 Å². The van der Waals surface area contributed by atoms with Crippen LogP contribution in [0.5, 0.6) is 0 Å². The second kappa shape index (κ2) is 7.55. The highest BCUT2D eigenvalue weighted by molar-refractivity contribution is 5.97. The van der Waals surface area contributed by atoms with Gasteiger partial charge < -0.3 is 28.9 Å². The van der Waals surface area contributed by atoms with Gasteiger partial charge in [0, 0.05) is 43.7 Å². The molecule has 0 amide bonds. The van der Waals surface area contributed by atoms with Crippen molar-refractivity contribution in [2.75, 3.05) is 19.0 Å². The standard InChI is InChI=1S/C19H20N3.HI/c1-21(2)17-10-8-16(9-11-17)20-14-15-12-13-22(3)19-7-5-4-6-18(15)19;/h4-14H,1-3H3;1H/q+1;/p-1. The lowest BCUT2D eigenvalue weighted by Crippen LogP contribution is -3.00. The zero-order valence-corrected chi connectivity index (χ0v) is 15.7. The van der Waals surface area contributed by atoms with Gasteiger partial charge in [-0.3, -0.25) is 4.99 Å². The predicted octanol–water partition coefficient (Wildman–Crippen LogP) is 0.485. The van der Waals surface area contributed by atoms with E-state index in [2.05, 4.69) is 70.2 Å². The fraction of sp³-hybridized carbons (Fsp3) is 0.158. The van der Waals surface area contributed by atoms with Crippen LogP contribution in [0.15, 0.2) is 65.8 Å².